The highest BCUT2D eigenvalue weighted by molar-refractivity contribution is 7.20. The molecule has 1 rings (SSSR count). The number of likely N-dealkylation sites (N-methyl/N-ethyl adjacent to an activating group) is 2. The number of halogens is 1. The van der Waals surface area contributed by atoms with Crippen molar-refractivity contribution in [3.8, 4) is 0 Å². The summed E-state index contributed by atoms with van der Waals surface area (Å²) in [5, 5.41) is 3.83. The normalized spacial score (nSPS) is 11.5. The van der Waals surface area contributed by atoms with Crippen molar-refractivity contribution in [2.24, 2.45) is 0 Å². The van der Waals surface area contributed by atoms with Gasteiger partial charge in [0, 0.05) is 7.05 Å². The van der Waals surface area contributed by atoms with E-state index in [9.17, 15) is 4.79 Å². The Balaban J connectivity index is 2.86. The number of nitrogens with zero attached hydrogens (tertiary/aromatic N) is 1. The third kappa shape index (κ3) is 2.71. The van der Waals surface area contributed by atoms with E-state index in [-0.39, 0.29) is 5.91 Å². The molecule has 15 heavy (non-hydrogen) atoms. The van der Waals surface area contributed by atoms with E-state index in [2.05, 4.69) is 5.32 Å². The van der Waals surface area contributed by atoms with Gasteiger partial charge in [-0.2, -0.15) is 0 Å². The van der Waals surface area contributed by atoms with Crippen LogP contribution in [0.1, 0.15) is 13.8 Å². The van der Waals surface area contributed by atoms with Crippen LogP contribution in [0.15, 0.2) is 12.1 Å². The van der Waals surface area contributed by atoms with Gasteiger partial charge in [-0.15, -0.1) is 11.3 Å². The Morgan fingerprint density at radius 3 is 2.53 bits per heavy atom. The van der Waals surface area contributed by atoms with E-state index in [1.807, 2.05) is 19.9 Å². The van der Waals surface area contributed by atoms with Crippen molar-refractivity contribution >= 4 is 33.8 Å². The first-order chi connectivity index (χ1) is 6.88. The topological polar surface area (TPSA) is 32.3 Å². The molecule has 5 heteroatoms. The highest BCUT2D eigenvalue weighted by Crippen LogP contribution is 2.29. The maximum atomic E-state index is 12.0. The maximum absolute atomic E-state index is 12.0. The lowest BCUT2D eigenvalue weighted by Gasteiger charge is -2.28. The fourth-order valence-electron chi connectivity index (χ4n) is 1.11. The molecular weight excluding hydrogens is 232 g/mol. The molecule has 1 heterocycles. The molecule has 0 saturated heterocycles. The predicted octanol–water partition coefficient (Wildman–Crippen LogP) is 2.36. The summed E-state index contributed by atoms with van der Waals surface area (Å²) >= 11 is 7.22. The quantitative estimate of drug-likeness (QED) is 0.888. The van der Waals surface area contributed by atoms with Crippen LogP contribution in [0.2, 0.25) is 4.34 Å². The molecule has 1 aromatic heterocycles. The minimum Gasteiger partial charge on any atom is -0.307 e. The molecule has 0 atom stereocenters. The van der Waals surface area contributed by atoms with E-state index >= 15 is 0 Å². The minimum atomic E-state index is -0.564. The van der Waals surface area contributed by atoms with Crippen LogP contribution < -0.4 is 10.2 Å². The molecule has 0 saturated carbocycles. The number of nitrogens with one attached hydrogen (secondary N) is 1. The fourth-order valence-corrected chi connectivity index (χ4v) is 2.10. The first-order valence-electron chi connectivity index (χ1n) is 4.61. The maximum Gasteiger partial charge on any atom is 0.247 e. The summed E-state index contributed by atoms with van der Waals surface area (Å²) in [6.45, 7) is 3.70. The number of thiophene rings is 1. The molecule has 0 bridgehead atoms. The van der Waals surface area contributed by atoms with Gasteiger partial charge in [-0.05, 0) is 33.0 Å². The standard InChI is InChI=1S/C10H15ClN2OS/c1-10(2,12-3)9(14)13(4)8-6-5-7(11)15-8/h5-6,12H,1-4H3. The van der Waals surface area contributed by atoms with E-state index in [0.717, 1.165) is 5.00 Å². The molecular formula is C10H15ClN2OS. The van der Waals surface area contributed by atoms with Crippen LogP contribution >= 0.6 is 22.9 Å². The minimum absolute atomic E-state index is 0.0171. The molecule has 1 amide bonds. The van der Waals surface area contributed by atoms with Gasteiger partial charge in [-0.1, -0.05) is 11.6 Å². The largest absolute Gasteiger partial charge is 0.307 e. The van der Waals surface area contributed by atoms with Crippen molar-refractivity contribution in [3.63, 3.8) is 0 Å². The molecule has 0 fully saturated rings. The number of amides is 1. The smallest absolute Gasteiger partial charge is 0.247 e. The summed E-state index contributed by atoms with van der Waals surface area (Å²) in [7, 11) is 3.52. The first kappa shape index (κ1) is 12.5. The van der Waals surface area contributed by atoms with Crippen molar-refractivity contribution in [1.82, 2.24) is 5.32 Å². The van der Waals surface area contributed by atoms with Crippen LogP contribution in [0.5, 0.6) is 0 Å². The van der Waals surface area contributed by atoms with Crippen LogP contribution in [-0.2, 0) is 4.79 Å². The molecule has 1 aromatic rings. The predicted molar refractivity (Wildman–Crippen MR) is 65.9 cm³/mol. The molecule has 0 aliphatic carbocycles. The average molecular weight is 247 g/mol. The van der Waals surface area contributed by atoms with E-state index in [0.29, 0.717) is 4.34 Å². The first-order valence-corrected chi connectivity index (χ1v) is 5.80. The summed E-state index contributed by atoms with van der Waals surface area (Å²) < 4.78 is 0.687. The third-order valence-corrected chi connectivity index (χ3v) is 3.66. The third-order valence-electron chi connectivity index (χ3n) is 2.35. The van der Waals surface area contributed by atoms with Crippen LogP contribution in [0, 0.1) is 0 Å². The van der Waals surface area contributed by atoms with Gasteiger partial charge in [-0.25, -0.2) is 0 Å². The number of hydrogen-bond acceptors (Lipinski definition) is 3. The average Bonchev–Trinajstić information content (AvgIpc) is 2.62. The van der Waals surface area contributed by atoms with Crippen LogP contribution in [0.4, 0.5) is 5.00 Å². The van der Waals surface area contributed by atoms with Crippen LogP contribution in [-0.4, -0.2) is 25.5 Å². The molecule has 0 aliphatic rings. The lowest BCUT2D eigenvalue weighted by molar-refractivity contribution is -0.123. The molecule has 0 radical (unpaired) electrons. The molecule has 0 spiro atoms. The Kier molecular flexibility index (Phi) is 3.76. The molecule has 0 aliphatic heterocycles. The van der Waals surface area contributed by atoms with Gasteiger partial charge in [0.1, 0.15) is 0 Å². The summed E-state index contributed by atoms with van der Waals surface area (Å²) in [4.78, 5) is 13.7. The lowest BCUT2D eigenvalue weighted by Crippen LogP contribution is -2.51. The van der Waals surface area contributed by atoms with Crippen LogP contribution in [0.25, 0.3) is 0 Å². The SMILES string of the molecule is CNC(C)(C)C(=O)N(C)c1ccc(Cl)s1. The summed E-state index contributed by atoms with van der Waals surface area (Å²) in [5.41, 5.74) is -0.564. The number of carbonyl (C=O) groups is 1. The van der Waals surface area contributed by atoms with Gasteiger partial charge in [0.2, 0.25) is 5.91 Å². The summed E-state index contributed by atoms with van der Waals surface area (Å²) in [5.74, 6) is 0.0171. The van der Waals surface area contributed by atoms with Gasteiger partial charge >= 0.3 is 0 Å². The monoisotopic (exact) mass is 246 g/mol. The van der Waals surface area contributed by atoms with Crippen molar-refractivity contribution in [2.45, 2.75) is 19.4 Å². The Morgan fingerprint density at radius 1 is 1.53 bits per heavy atom. The number of anilines is 1. The lowest BCUT2D eigenvalue weighted by atomic mass is 10.0. The van der Waals surface area contributed by atoms with Crippen molar-refractivity contribution in [2.75, 3.05) is 19.0 Å². The molecule has 3 nitrogen and oxygen atoms in total. The number of rotatable bonds is 3. The van der Waals surface area contributed by atoms with Gasteiger partial charge in [-0.3, -0.25) is 4.79 Å². The van der Waals surface area contributed by atoms with E-state index in [4.69, 9.17) is 11.6 Å². The zero-order valence-electron chi connectivity index (χ0n) is 9.30. The Morgan fingerprint density at radius 2 is 2.13 bits per heavy atom. The van der Waals surface area contributed by atoms with Crippen LogP contribution in [0.3, 0.4) is 0 Å². The summed E-state index contributed by atoms with van der Waals surface area (Å²) in [6, 6.07) is 3.63. The van der Waals surface area contributed by atoms with Gasteiger partial charge in [0.25, 0.3) is 0 Å². The zero-order chi connectivity index (χ0) is 11.6. The van der Waals surface area contributed by atoms with E-state index in [1.54, 1.807) is 25.1 Å². The molecule has 0 unspecified atom stereocenters. The van der Waals surface area contributed by atoms with Crippen molar-refractivity contribution < 1.29 is 4.79 Å². The summed E-state index contributed by atoms with van der Waals surface area (Å²) in [6.07, 6.45) is 0. The zero-order valence-corrected chi connectivity index (χ0v) is 10.9. The Hall–Kier alpha value is -0.580. The Labute approximate surface area is 99.0 Å². The van der Waals surface area contributed by atoms with Gasteiger partial charge in [0.15, 0.2) is 0 Å². The molecule has 1 N–H and O–H groups in total. The number of hydrogen-bond donors (Lipinski definition) is 1. The Bertz CT molecular complexity index is 362. The second-order valence-corrected chi connectivity index (χ2v) is 5.51. The van der Waals surface area contributed by atoms with Crippen molar-refractivity contribution in [3.05, 3.63) is 16.5 Å². The number of carbonyl (C=O) groups excluding carboxylic acids is 1. The highest BCUT2D eigenvalue weighted by atomic mass is 35.5. The second kappa shape index (κ2) is 4.51. The molecule has 0 aromatic carbocycles. The van der Waals surface area contributed by atoms with Gasteiger partial charge < -0.3 is 10.2 Å². The molecule has 84 valence electrons. The van der Waals surface area contributed by atoms with Crippen molar-refractivity contribution in [1.29, 1.82) is 0 Å². The fraction of sp³-hybridized carbons (Fsp3) is 0.500. The van der Waals surface area contributed by atoms with Gasteiger partial charge in [0.05, 0.1) is 14.9 Å². The van der Waals surface area contributed by atoms with E-state index in [1.165, 1.54) is 11.3 Å². The second-order valence-electron chi connectivity index (χ2n) is 3.82. The van der Waals surface area contributed by atoms with E-state index < -0.39 is 5.54 Å². The highest BCUT2D eigenvalue weighted by Gasteiger charge is 2.29.